The van der Waals surface area contributed by atoms with Gasteiger partial charge >= 0.3 is 0 Å². The first-order chi connectivity index (χ1) is 4.42. The van der Waals surface area contributed by atoms with Crippen LogP contribution in [0.2, 0.25) is 0 Å². The molecule has 0 aromatic carbocycles. The van der Waals surface area contributed by atoms with Crippen molar-refractivity contribution in [3.8, 4) is 0 Å². The maximum absolute atomic E-state index is 10.1. The number of rotatable bonds is 4. The predicted octanol–water partition coefficient (Wildman–Crippen LogP) is 0.115. The van der Waals surface area contributed by atoms with Gasteiger partial charge in [0.25, 0.3) is 0 Å². The van der Waals surface area contributed by atoms with Crippen molar-refractivity contribution >= 4 is 10.7 Å². The molecular weight excluding hydrogens is 150 g/mol. The summed E-state index contributed by atoms with van der Waals surface area (Å²) in [5.74, 6) is 0.260. The fraction of sp³-hybridized carbons (Fsp3) is 1.00. The van der Waals surface area contributed by atoms with Gasteiger partial charge < -0.3 is 5.73 Å². The first-order valence-corrected chi connectivity index (χ1v) is 4.69. The highest BCUT2D eigenvalue weighted by Gasteiger charge is 2.09. The summed E-state index contributed by atoms with van der Waals surface area (Å²) in [6.45, 7) is 3.79. The molecule has 0 spiro atoms. The Morgan fingerprint density at radius 2 is 1.90 bits per heavy atom. The highest BCUT2D eigenvalue weighted by molar-refractivity contribution is 7.72. The van der Waals surface area contributed by atoms with Gasteiger partial charge in [-0.3, -0.25) is 0 Å². The van der Waals surface area contributed by atoms with Gasteiger partial charge in [0, 0.05) is 11.3 Å². The predicted molar refractivity (Wildman–Crippen MR) is 42.7 cm³/mol. The highest BCUT2D eigenvalue weighted by atomic mass is 32.2. The number of hydrogen-bond acceptors (Lipinski definition) is 3. The molecule has 0 aliphatic carbocycles. The molecule has 0 aliphatic rings. The third-order valence-corrected chi connectivity index (χ3v) is 1.84. The van der Waals surface area contributed by atoms with Gasteiger partial charge in [0.1, 0.15) is 10.7 Å². The third kappa shape index (κ3) is 7.91. The van der Waals surface area contributed by atoms with Crippen molar-refractivity contribution in [1.29, 1.82) is 0 Å². The number of nitrogens with two attached hydrogens (primary N) is 1. The first-order valence-electron chi connectivity index (χ1n) is 3.32. The van der Waals surface area contributed by atoms with E-state index in [0.29, 0.717) is 6.42 Å². The molecule has 10 heavy (non-hydrogen) atoms. The third-order valence-electron chi connectivity index (χ3n) is 1.16. The van der Waals surface area contributed by atoms with Crippen LogP contribution < -0.4 is 5.73 Å². The molecule has 0 unspecified atom stereocenters. The molecule has 0 heterocycles. The van der Waals surface area contributed by atoms with E-state index in [-0.39, 0.29) is 11.3 Å². The lowest BCUT2D eigenvalue weighted by Gasteiger charge is -2.16. The molecule has 62 valence electrons. The van der Waals surface area contributed by atoms with Crippen molar-refractivity contribution in [2.75, 3.05) is 5.75 Å². The summed E-state index contributed by atoms with van der Waals surface area (Å²) in [5, 5.41) is 0. The fourth-order valence-electron chi connectivity index (χ4n) is 0.664. The SMILES string of the molecule is CC(C)(N)CCC[SH](=O)=O. The van der Waals surface area contributed by atoms with E-state index in [0.717, 1.165) is 6.42 Å². The fourth-order valence-corrected chi connectivity index (χ4v) is 1.08. The Balaban J connectivity index is 3.38. The molecule has 0 aromatic heterocycles. The molecule has 0 fully saturated rings. The summed E-state index contributed by atoms with van der Waals surface area (Å²) in [6.07, 6.45) is 1.43. The van der Waals surface area contributed by atoms with Gasteiger partial charge in [-0.1, -0.05) is 0 Å². The number of thiol groups is 1. The zero-order chi connectivity index (χ0) is 8.20. The first kappa shape index (κ1) is 9.91. The van der Waals surface area contributed by atoms with E-state index in [1.807, 2.05) is 13.8 Å². The Morgan fingerprint density at radius 3 is 2.20 bits per heavy atom. The minimum atomic E-state index is -2.21. The van der Waals surface area contributed by atoms with Crippen LogP contribution in [0.3, 0.4) is 0 Å². The summed E-state index contributed by atoms with van der Waals surface area (Å²) < 4.78 is 20.2. The summed E-state index contributed by atoms with van der Waals surface area (Å²) in [4.78, 5) is 0. The van der Waals surface area contributed by atoms with Crippen LogP contribution in [0.25, 0.3) is 0 Å². The Labute approximate surface area is 63.6 Å². The molecule has 0 radical (unpaired) electrons. The normalized spacial score (nSPS) is 12.4. The van der Waals surface area contributed by atoms with Crippen molar-refractivity contribution in [2.45, 2.75) is 32.2 Å². The molecule has 0 atom stereocenters. The van der Waals surface area contributed by atoms with Crippen molar-refractivity contribution in [2.24, 2.45) is 5.73 Å². The minimum Gasteiger partial charge on any atom is -0.326 e. The molecular formula is C6H15NO2S. The maximum Gasteiger partial charge on any atom is 0.140 e. The second kappa shape index (κ2) is 3.93. The molecule has 3 nitrogen and oxygen atoms in total. The van der Waals surface area contributed by atoms with Crippen LogP contribution in [0.5, 0.6) is 0 Å². The van der Waals surface area contributed by atoms with Gasteiger partial charge in [-0.15, -0.1) is 0 Å². The van der Waals surface area contributed by atoms with Crippen molar-refractivity contribution < 1.29 is 8.42 Å². The van der Waals surface area contributed by atoms with E-state index >= 15 is 0 Å². The second-order valence-corrected chi connectivity index (χ2v) is 4.26. The van der Waals surface area contributed by atoms with Crippen LogP contribution in [0.4, 0.5) is 0 Å². The molecule has 0 amide bonds. The molecule has 0 bridgehead atoms. The monoisotopic (exact) mass is 165 g/mol. The second-order valence-electron chi connectivity index (χ2n) is 3.15. The minimum absolute atomic E-state index is 0.231. The quantitative estimate of drug-likeness (QED) is 0.581. The lowest BCUT2D eigenvalue weighted by molar-refractivity contribution is 0.470. The summed E-state index contributed by atoms with van der Waals surface area (Å²) in [7, 11) is -2.21. The van der Waals surface area contributed by atoms with E-state index in [1.165, 1.54) is 0 Å². The van der Waals surface area contributed by atoms with Gasteiger partial charge in [0.2, 0.25) is 0 Å². The average molecular weight is 165 g/mol. The largest absolute Gasteiger partial charge is 0.326 e. The van der Waals surface area contributed by atoms with Gasteiger partial charge in [-0.25, -0.2) is 8.42 Å². The topological polar surface area (TPSA) is 60.2 Å². The highest BCUT2D eigenvalue weighted by Crippen LogP contribution is 2.05. The van der Waals surface area contributed by atoms with Crippen LogP contribution in [0, 0.1) is 0 Å². The Hall–Kier alpha value is -0.0900. The van der Waals surface area contributed by atoms with E-state index in [9.17, 15) is 8.42 Å². The Kier molecular flexibility index (Phi) is 3.89. The van der Waals surface area contributed by atoms with Gasteiger partial charge in [-0.05, 0) is 26.7 Å². The van der Waals surface area contributed by atoms with Crippen LogP contribution in [0.1, 0.15) is 26.7 Å². The molecule has 4 heteroatoms. The molecule has 0 saturated heterocycles. The summed E-state index contributed by atoms with van der Waals surface area (Å²) in [6, 6.07) is 0. The van der Waals surface area contributed by atoms with Crippen molar-refractivity contribution in [3.63, 3.8) is 0 Å². The van der Waals surface area contributed by atoms with E-state index < -0.39 is 10.7 Å². The van der Waals surface area contributed by atoms with Gasteiger partial charge in [0.15, 0.2) is 0 Å². The van der Waals surface area contributed by atoms with E-state index in [4.69, 9.17) is 5.73 Å². The smallest absolute Gasteiger partial charge is 0.140 e. The van der Waals surface area contributed by atoms with E-state index in [1.54, 1.807) is 0 Å². The lowest BCUT2D eigenvalue weighted by atomic mass is 10.0. The van der Waals surface area contributed by atoms with Gasteiger partial charge in [-0.2, -0.15) is 0 Å². The molecule has 2 N–H and O–H groups in total. The zero-order valence-corrected chi connectivity index (χ0v) is 7.36. The standard InChI is InChI=1S/C6H15NO2S/c1-6(2,7)4-3-5-10(8)9/h10H,3-5,7H2,1-2H3. The molecule has 0 aliphatic heterocycles. The lowest BCUT2D eigenvalue weighted by Crippen LogP contribution is -2.31. The van der Waals surface area contributed by atoms with Crippen LogP contribution in [-0.4, -0.2) is 19.7 Å². The Morgan fingerprint density at radius 1 is 1.40 bits per heavy atom. The van der Waals surface area contributed by atoms with Crippen LogP contribution in [-0.2, 0) is 10.7 Å². The maximum atomic E-state index is 10.1. The number of hydrogen-bond donors (Lipinski definition) is 2. The van der Waals surface area contributed by atoms with Crippen molar-refractivity contribution in [1.82, 2.24) is 0 Å². The zero-order valence-electron chi connectivity index (χ0n) is 6.46. The van der Waals surface area contributed by atoms with E-state index in [2.05, 4.69) is 0 Å². The summed E-state index contributed by atoms with van der Waals surface area (Å²) >= 11 is 0. The molecule has 0 rings (SSSR count). The summed E-state index contributed by atoms with van der Waals surface area (Å²) in [5.41, 5.74) is 5.39. The average Bonchev–Trinajstić information content (AvgIpc) is 1.59. The molecule has 0 aromatic rings. The van der Waals surface area contributed by atoms with Crippen LogP contribution >= 0.6 is 0 Å². The van der Waals surface area contributed by atoms with Crippen LogP contribution in [0.15, 0.2) is 0 Å². The van der Waals surface area contributed by atoms with Crippen molar-refractivity contribution in [3.05, 3.63) is 0 Å². The van der Waals surface area contributed by atoms with Gasteiger partial charge in [0.05, 0.1) is 0 Å². The Bertz CT molecular complexity index is 150. The molecule has 0 saturated carbocycles.